The van der Waals surface area contributed by atoms with Gasteiger partial charge in [-0.25, -0.2) is 4.98 Å². The maximum atomic E-state index is 11.8. The maximum Gasteiger partial charge on any atom is 0.222 e. The normalized spacial score (nSPS) is 10.5. The van der Waals surface area contributed by atoms with E-state index in [4.69, 9.17) is 0 Å². The summed E-state index contributed by atoms with van der Waals surface area (Å²) in [6.45, 7) is 1.10. The summed E-state index contributed by atoms with van der Waals surface area (Å²) < 4.78 is 0. The second-order valence-electron chi connectivity index (χ2n) is 5.04. The van der Waals surface area contributed by atoms with Gasteiger partial charge in [0.05, 0.1) is 11.0 Å². The molecule has 2 aromatic carbocycles. The van der Waals surface area contributed by atoms with Gasteiger partial charge in [0, 0.05) is 19.5 Å². The van der Waals surface area contributed by atoms with Crippen molar-refractivity contribution in [1.29, 1.82) is 0 Å². The molecule has 0 bridgehead atoms. The average Bonchev–Trinajstić information content (AvgIpc) is 2.96. The van der Waals surface area contributed by atoms with Gasteiger partial charge < -0.3 is 15.6 Å². The highest BCUT2D eigenvalue weighted by Gasteiger charge is 2.04. The first-order chi connectivity index (χ1) is 10.8. The van der Waals surface area contributed by atoms with Crippen LogP contribution in [0.1, 0.15) is 12.0 Å². The fraction of sp³-hybridized carbons (Fsp3) is 0.176. The molecule has 22 heavy (non-hydrogen) atoms. The van der Waals surface area contributed by atoms with E-state index in [1.807, 2.05) is 54.6 Å². The van der Waals surface area contributed by atoms with Crippen LogP contribution in [0.5, 0.6) is 0 Å². The van der Waals surface area contributed by atoms with E-state index < -0.39 is 0 Å². The molecule has 1 amide bonds. The molecular formula is C17H18N4O. The SMILES string of the molecule is O=C(CCNc1nc2ccccc2[nH]1)NCc1ccccc1. The summed E-state index contributed by atoms with van der Waals surface area (Å²) in [5.74, 6) is 0.713. The smallest absolute Gasteiger partial charge is 0.222 e. The van der Waals surface area contributed by atoms with Crippen LogP contribution in [0.15, 0.2) is 54.6 Å². The van der Waals surface area contributed by atoms with Crippen molar-refractivity contribution in [3.63, 3.8) is 0 Å². The molecule has 0 spiro atoms. The third-order valence-corrected chi connectivity index (χ3v) is 3.37. The fourth-order valence-corrected chi connectivity index (χ4v) is 2.22. The van der Waals surface area contributed by atoms with E-state index in [0.29, 0.717) is 25.5 Å². The highest BCUT2D eigenvalue weighted by molar-refractivity contribution is 5.78. The molecule has 0 saturated carbocycles. The molecule has 0 unspecified atom stereocenters. The Morgan fingerprint density at radius 1 is 1.05 bits per heavy atom. The molecule has 0 aliphatic rings. The zero-order valence-corrected chi connectivity index (χ0v) is 12.2. The van der Waals surface area contributed by atoms with E-state index >= 15 is 0 Å². The van der Waals surface area contributed by atoms with Crippen molar-refractivity contribution in [3.05, 3.63) is 60.2 Å². The monoisotopic (exact) mass is 294 g/mol. The molecule has 3 aromatic rings. The van der Waals surface area contributed by atoms with Gasteiger partial charge in [-0.1, -0.05) is 42.5 Å². The van der Waals surface area contributed by atoms with E-state index in [0.717, 1.165) is 16.6 Å². The third kappa shape index (κ3) is 3.63. The van der Waals surface area contributed by atoms with Crippen molar-refractivity contribution in [2.24, 2.45) is 0 Å². The molecule has 1 heterocycles. The van der Waals surface area contributed by atoms with Crippen molar-refractivity contribution >= 4 is 22.9 Å². The summed E-state index contributed by atoms with van der Waals surface area (Å²) >= 11 is 0. The van der Waals surface area contributed by atoms with Gasteiger partial charge in [-0.3, -0.25) is 4.79 Å². The number of hydrogen-bond acceptors (Lipinski definition) is 3. The maximum absolute atomic E-state index is 11.8. The summed E-state index contributed by atoms with van der Waals surface area (Å²) in [6, 6.07) is 17.7. The number of aromatic nitrogens is 2. The van der Waals surface area contributed by atoms with Crippen LogP contribution in [-0.4, -0.2) is 22.4 Å². The number of amides is 1. The number of H-pyrrole nitrogens is 1. The lowest BCUT2D eigenvalue weighted by atomic mass is 10.2. The lowest BCUT2D eigenvalue weighted by Crippen LogP contribution is -2.24. The predicted molar refractivity (Wildman–Crippen MR) is 87.5 cm³/mol. The Bertz CT molecular complexity index is 718. The van der Waals surface area contributed by atoms with Crippen LogP contribution in [0.2, 0.25) is 0 Å². The second-order valence-corrected chi connectivity index (χ2v) is 5.04. The molecule has 1 aromatic heterocycles. The van der Waals surface area contributed by atoms with Crippen LogP contribution >= 0.6 is 0 Å². The topological polar surface area (TPSA) is 69.8 Å². The van der Waals surface area contributed by atoms with E-state index in [9.17, 15) is 4.79 Å². The van der Waals surface area contributed by atoms with Crippen molar-refractivity contribution in [2.45, 2.75) is 13.0 Å². The van der Waals surface area contributed by atoms with Crippen LogP contribution in [0.25, 0.3) is 11.0 Å². The Labute approximate surface area is 128 Å². The number of nitrogens with one attached hydrogen (secondary N) is 3. The molecule has 3 rings (SSSR count). The first-order valence-corrected chi connectivity index (χ1v) is 7.30. The van der Waals surface area contributed by atoms with Gasteiger partial charge in [0.15, 0.2) is 0 Å². The van der Waals surface area contributed by atoms with Crippen LogP contribution in [0.4, 0.5) is 5.95 Å². The molecule has 3 N–H and O–H groups in total. The largest absolute Gasteiger partial charge is 0.355 e. The lowest BCUT2D eigenvalue weighted by molar-refractivity contribution is -0.121. The van der Waals surface area contributed by atoms with Gasteiger partial charge in [0.1, 0.15) is 0 Å². The lowest BCUT2D eigenvalue weighted by Gasteiger charge is -2.05. The zero-order chi connectivity index (χ0) is 15.2. The number of nitrogens with zero attached hydrogens (tertiary/aromatic N) is 1. The predicted octanol–water partition coefficient (Wildman–Crippen LogP) is 2.68. The minimum Gasteiger partial charge on any atom is -0.355 e. The van der Waals surface area contributed by atoms with Crippen molar-refractivity contribution in [1.82, 2.24) is 15.3 Å². The molecule has 0 saturated heterocycles. The molecule has 0 atom stereocenters. The first-order valence-electron chi connectivity index (χ1n) is 7.30. The summed E-state index contributed by atoms with van der Waals surface area (Å²) in [6.07, 6.45) is 0.407. The second kappa shape index (κ2) is 6.76. The van der Waals surface area contributed by atoms with E-state index in [2.05, 4.69) is 20.6 Å². The molecule has 5 nitrogen and oxygen atoms in total. The number of imidazole rings is 1. The van der Waals surface area contributed by atoms with Crippen molar-refractivity contribution < 1.29 is 4.79 Å². The van der Waals surface area contributed by atoms with Gasteiger partial charge in [0.2, 0.25) is 11.9 Å². The zero-order valence-electron chi connectivity index (χ0n) is 12.2. The summed E-state index contributed by atoms with van der Waals surface area (Å²) in [5, 5.41) is 6.04. The summed E-state index contributed by atoms with van der Waals surface area (Å²) in [5.41, 5.74) is 3.00. The highest BCUT2D eigenvalue weighted by atomic mass is 16.1. The summed E-state index contributed by atoms with van der Waals surface area (Å²) in [7, 11) is 0. The minimum atomic E-state index is 0.0208. The quantitative estimate of drug-likeness (QED) is 0.654. The molecule has 112 valence electrons. The summed E-state index contributed by atoms with van der Waals surface area (Å²) in [4.78, 5) is 19.4. The number of aromatic amines is 1. The average molecular weight is 294 g/mol. The van der Waals surface area contributed by atoms with Crippen molar-refractivity contribution in [3.8, 4) is 0 Å². The van der Waals surface area contributed by atoms with E-state index in [1.54, 1.807) is 0 Å². The Hall–Kier alpha value is -2.82. The van der Waals surface area contributed by atoms with Crippen LogP contribution in [0.3, 0.4) is 0 Å². The number of anilines is 1. The van der Waals surface area contributed by atoms with Gasteiger partial charge in [-0.2, -0.15) is 0 Å². The molecule has 5 heteroatoms. The van der Waals surface area contributed by atoms with Gasteiger partial charge in [0.25, 0.3) is 0 Å². The number of hydrogen-bond donors (Lipinski definition) is 3. The number of rotatable bonds is 6. The molecule has 0 fully saturated rings. The Kier molecular flexibility index (Phi) is 4.34. The number of carbonyl (C=O) groups excluding carboxylic acids is 1. The Morgan fingerprint density at radius 2 is 1.82 bits per heavy atom. The molecule has 0 aliphatic carbocycles. The van der Waals surface area contributed by atoms with E-state index in [-0.39, 0.29) is 5.91 Å². The fourth-order valence-electron chi connectivity index (χ4n) is 2.22. The van der Waals surface area contributed by atoms with Gasteiger partial charge >= 0.3 is 0 Å². The molecule has 0 aliphatic heterocycles. The Balaban J connectivity index is 1.43. The third-order valence-electron chi connectivity index (χ3n) is 3.37. The van der Waals surface area contributed by atoms with Crippen LogP contribution in [0, 0.1) is 0 Å². The number of benzene rings is 2. The van der Waals surface area contributed by atoms with Gasteiger partial charge in [-0.05, 0) is 17.7 Å². The van der Waals surface area contributed by atoms with Crippen molar-refractivity contribution in [2.75, 3.05) is 11.9 Å². The van der Waals surface area contributed by atoms with Crippen LogP contribution in [-0.2, 0) is 11.3 Å². The standard InChI is InChI=1S/C17H18N4O/c22-16(19-12-13-6-2-1-3-7-13)10-11-18-17-20-14-8-4-5-9-15(14)21-17/h1-9H,10-12H2,(H,19,22)(H2,18,20,21). The molecular weight excluding hydrogens is 276 g/mol. The number of carbonyl (C=O) groups is 1. The van der Waals surface area contributed by atoms with Gasteiger partial charge in [-0.15, -0.1) is 0 Å². The highest BCUT2D eigenvalue weighted by Crippen LogP contribution is 2.12. The molecule has 0 radical (unpaired) electrons. The number of para-hydroxylation sites is 2. The minimum absolute atomic E-state index is 0.0208. The Morgan fingerprint density at radius 3 is 2.64 bits per heavy atom. The number of fused-ring (bicyclic) bond motifs is 1. The van der Waals surface area contributed by atoms with Crippen LogP contribution < -0.4 is 10.6 Å². The first kappa shape index (κ1) is 14.1. The van der Waals surface area contributed by atoms with E-state index in [1.165, 1.54) is 0 Å².